The Bertz CT molecular complexity index is 1540. The van der Waals surface area contributed by atoms with Crippen LogP contribution in [0.2, 0.25) is 0 Å². The van der Waals surface area contributed by atoms with Crippen molar-refractivity contribution in [3.63, 3.8) is 0 Å². The van der Waals surface area contributed by atoms with Gasteiger partial charge in [-0.05, 0) is 100 Å². The molecular formula is C39H51NO8. The number of nitrogens with zero attached hydrogens (tertiary/aromatic N) is 1. The summed E-state index contributed by atoms with van der Waals surface area (Å²) in [7, 11) is 6.41. The van der Waals surface area contributed by atoms with Gasteiger partial charge in [0.1, 0.15) is 17.9 Å². The van der Waals surface area contributed by atoms with Gasteiger partial charge in [-0.1, -0.05) is 37.3 Å². The van der Waals surface area contributed by atoms with Gasteiger partial charge in [-0.2, -0.15) is 0 Å². The molecule has 1 aliphatic heterocycles. The van der Waals surface area contributed by atoms with Crippen molar-refractivity contribution in [3.05, 3.63) is 76.9 Å². The molecule has 4 rings (SSSR count). The number of hydrogen-bond acceptors (Lipinski definition) is 8. The summed E-state index contributed by atoms with van der Waals surface area (Å²) in [6.07, 6.45) is 3.21. The molecule has 1 saturated heterocycles. The quantitative estimate of drug-likeness (QED) is 0.154. The first-order chi connectivity index (χ1) is 23.1. The molecule has 260 valence electrons. The summed E-state index contributed by atoms with van der Waals surface area (Å²) in [5, 5.41) is 0. The Labute approximate surface area is 285 Å². The van der Waals surface area contributed by atoms with Gasteiger partial charge in [0, 0.05) is 12.1 Å². The zero-order valence-corrected chi connectivity index (χ0v) is 29.7. The predicted octanol–water partition coefficient (Wildman–Crippen LogP) is 7.61. The number of aryl methyl sites for hydroxylation is 2. The van der Waals surface area contributed by atoms with Gasteiger partial charge in [0.15, 0.2) is 23.0 Å². The number of para-hydroxylation sites is 1. The van der Waals surface area contributed by atoms with E-state index in [1.54, 1.807) is 33.3 Å². The average Bonchev–Trinajstić information content (AvgIpc) is 3.09. The van der Waals surface area contributed by atoms with E-state index in [2.05, 4.69) is 0 Å². The number of rotatable bonds is 15. The van der Waals surface area contributed by atoms with Crippen molar-refractivity contribution >= 4 is 11.9 Å². The maximum absolute atomic E-state index is 14.3. The van der Waals surface area contributed by atoms with Gasteiger partial charge in [-0.15, -0.1) is 0 Å². The van der Waals surface area contributed by atoms with Crippen LogP contribution in [0.15, 0.2) is 54.6 Å². The van der Waals surface area contributed by atoms with E-state index >= 15 is 0 Å². The van der Waals surface area contributed by atoms with Crippen LogP contribution in [0.5, 0.6) is 28.7 Å². The number of esters is 1. The molecule has 1 aliphatic rings. The van der Waals surface area contributed by atoms with Crippen LogP contribution >= 0.6 is 0 Å². The molecule has 3 aromatic rings. The second-order valence-electron chi connectivity index (χ2n) is 12.4. The van der Waals surface area contributed by atoms with E-state index in [1.165, 1.54) is 0 Å². The molecule has 3 aromatic carbocycles. The summed E-state index contributed by atoms with van der Waals surface area (Å²) in [5.41, 5.74) is 3.53. The van der Waals surface area contributed by atoms with E-state index in [-0.39, 0.29) is 12.0 Å². The largest absolute Gasteiger partial charge is 0.493 e. The second kappa shape index (κ2) is 17.1. The first kappa shape index (κ1) is 36.4. The van der Waals surface area contributed by atoms with Crippen LogP contribution in [0.3, 0.4) is 0 Å². The van der Waals surface area contributed by atoms with Crippen molar-refractivity contribution in [2.45, 2.75) is 90.4 Å². The molecule has 0 bridgehead atoms. The van der Waals surface area contributed by atoms with Crippen molar-refractivity contribution in [1.82, 2.24) is 4.90 Å². The topological polar surface area (TPSA) is 92.8 Å². The lowest BCUT2D eigenvalue weighted by molar-refractivity contribution is -0.162. The number of hydrogen-bond donors (Lipinski definition) is 0. The zero-order valence-electron chi connectivity index (χ0n) is 29.7. The molecule has 0 saturated carbocycles. The fraction of sp³-hybridized carbons (Fsp3) is 0.487. The molecule has 48 heavy (non-hydrogen) atoms. The minimum absolute atomic E-state index is 0.0639. The van der Waals surface area contributed by atoms with Crippen LogP contribution in [-0.2, 0) is 20.7 Å². The van der Waals surface area contributed by atoms with E-state index in [4.69, 9.17) is 28.4 Å². The molecule has 0 unspecified atom stereocenters. The van der Waals surface area contributed by atoms with Crippen molar-refractivity contribution in [2.24, 2.45) is 0 Å². The Morgan fingerprint density at radius 1 is 0.854 bits per heavy atom. The van der Waals surface area contributed by atoms with Crippen molar-refractivity contribution < 1.29 is 38.0 Å². The molecule has 1 amide bonds. The third-order valence-electron chi connectivity index (χ3n) is 8.88. The standard InChI is InChI=1S/C39H51NO8/c1-9-29(28-22-26(4)37(46-8)36(24-28)45-7)38(41)40-21-13-12-15-31(40)39(42)48-33(30-14-10-11-16-32(30)47-25(2)3)19-17-27-18-20-34(43-5)35(23-27)44-6/h10-11,14,16,18,20,22-25,29,31,33H,9,12-13,15,17,19,21H2,1-8H3/t29-,31-,33+/m0/s1. The van der Waals surface area contributed by atoms with Crippen LogP contribution in [0.4, 0.5) is 0 Å². The minimum atomic E-state index is -0.691. The molecule has 3 atom stereocenters. The highest BCUT2D eigenvalue weighted by molar-refractivity contribution is 5.89. The van der Waals surface area contributed by atoms with E-state index in [9.17, 15) is 9.59 Å². The maximum atomic E-state index is 14.3. The summed E-state index contributed by atoms with van der Waals surface area (Å²) in [6.45, 7) is 8.35. The van der Waals surface area contributed by atoms with Gasteiger partial charge in [-0.3, -0.25) is 4.79 Å². The number of benzene rings is 3. The molecular weight excluding hydrogens is 610 g/mol. The number of methoxy groups -OCH3 is 4. The molecule has 0 spiro atoms. The van der Waals surface area contributed by atoms with E-state index < -0.39 is 24.0 Å². The van der Waals surface area contributed by atoms with Crippen LogP contribution in [0.1, 0.15) is 87.2 Å². The van der Waals surface area contributed by atoms with Gasteiger partial charge in [0.25, 0.3) is 0 Å². The van der Waals surface area contributed by atoms with Crippen molar-refractivity contribution in [1.29, 1.82) is 0 Å². The Morgan fingerprint density at radius 2 is 1.58 bits per heavy atom. The van der Waals surface area contributed by atoms with Crippen LogP contribution in [-0.4, -0.2) is 63.9 Å². The van der Waals surface area contributed by atoms with Crippen molar-refractivity contribution in [2.75, 3.05) is 35.0 Å². The van der Waals surface area contributed by atoms with Crippen LogP contribution < -0.4 is 23.7 Å². The fourth-order valence-corrected chi connectivity index (χ4v) is 6.51. The Balaban J connectivity index is 1.62. The normalized spacial score (nSPS) is 15.8. The number of carbonyl (C=O) groups excluding carboxylic acids is 2. The lowest BCUT2D eigenvalue weighted by Crippen LogP contribution is -2.50. The van der Waals surface area contributed by atoms with E-state index in [1.807, 2.05) is 82.3 Å². The molecule has 1 heterocycles. The molecule has 9 nitrogen and oxygen atoms in total. The lowest BCUT2D eigenvalue weighted by Gasteiger charge is -2.37. The lowest BCUT2D eigenvalue weighted by atomic mass is 9.91. The third kappa shape index (κ3) is 8.54. The highest BCUT2D eigenvalue weighted by atomic mass is 16.5. The number of ether oxygens (including phenoxy) is 6. The molecule has 9 heteroatoms. The minimum Gasteiger partial charge on any atom is -0.493 e. The van der Waals surface area contributed by atoms with Gasteiger partial charge < -0.3 is 33.3 Å². The predicted molar refractivity (Wildman–Crippen MR) is 186 cm³/mol. The summed E-state index contributed by atoms with van der Waals surface area (Å²) in [5.74, 6) is 2.24. The molecule has 0 radical (unpaired) electrons. The summed E-state index contributed by atoms with van der Waals surface area (Å²) >= 11 is 0. The molecule has 1 fully saturated rings. The molecule has 0 N–H and O–H groups in total. The van der Waals surface area contributed by atoms with Gasteiger partial charge in [0.2, 0.25) is 5.91 Å². The Hall–Kier alpha value is -4.40. The summed E-state index contributed by atoms with van der Waals surface area (Å²) < 4.78 is 34.6. The Kier molecular flexibility index (Phi) is 13.0. The first-order valence-corrected chi connectivity index (χ1v) is 16.9. The number of carbonyl (C=O) groups is 2. The third-order valence-corrected chi connectivity index (χ3v) is 8.88. The number of piperidine rings is 1. The van der Waals surface area contributed by atoms with E-state index in [0.717, 1.165) is 35.1 Å². The number of likely N-dealkylation sites (tertiary alicyclic amines) is 1. The van der Waals surface area contributed by atoms with Gasteiger partial charge in [0.05, 0.1) is 40.5 Å². The smallest absolute Gasteiger partial charge is 0.329 e. The van der Waals surface area contributed by atoms with Crippen molar-refractivity contribution in [3.8, 4) is 28.7 Å². The maximum Gasteiger partial charge on any atom is 0.329 e. The molecule has 0 aromatic heterocycles. The zero-order chi connectivity index (χ0) is 34.8. The first-order valence-electron chi connectivity index (χ1n) is 16.9. The highest BCUT2D eigenvalue weighted by Crippen LogP contribution is 2.38. The van der Waals surface area contributed by atoms with Crippen LogP contribution in [0.25, 0.3) is 0 Å². The summed E-state index contributed by atoms with van der Waals surface area (Å²) in [6, 6.07) is 16.6. The van der Waals surface area contributed by atoms with E-state index in [0.29, 0.717) is 61.0 Å². The van der Waals surface area contributed by atoms with Crippen LogP contribution in [0, 0.1) is 6.92 Å². The number of amides is 1. The second-order valence-corrected chi connectivity index (χ2v) is 12.4. The highest BCUT2D eigenvalue weighted by Gasteiger charge is 2.38. The average molecular weight is 662 g/mol. The Morgan fingerprint density at radius 3 is 2.25 bits per heavy atom. The van der Waals surface area contributed by atoms with Gasteiger partial charge >= 0.3 is 5.97 Å². The summed E-state index contributed by atoms with van der Waals surface area (Å²) in [4.78, 5) is 30.2. The monoisotopic (exact) mass is 661 g/mol. The SMILES string of the molecule is CC[C@H](C(=O)N1CCCC[C@H]1C(=O)O[C@H](CCc1ccc(OC)c(OC)c1)c1ccccc1OC(C)C)c1cc(C)c(OC)c(OC)c1. The molecule has 0 aliphatic carbocycles. The fourth-order valence-electron chi connectivity index (χ4n) is 6.51. The van der Waals surface area contributed by atoms with Gasteiger partial charge in [-0.25, -0.2) is 4.79 Å².